The highest BCUT2D eigenvalue weighted by Crippen LogP contribution is 2.12. The van der Waals surface area contributed by atoms with Gasteiger partial charge < -0.3 is 10.1 Å². The van der Waals surface area contributed by atoms with E-state index >= 15 is 0 Å². The first-order valence-corrected chi connectivity index (χ1v) is 9.17. The summed E-state index contributed by atoms with van der Waals surface area (Å²) in [5.74, 6) is 2.28. The molecule has 0 radical (unpaired) electrons. The van der Waals surface area contributed by atoms with Gasteiger partial charge in [-0.15, -0.1) is 0 Å². The molecule has 2 nitrogen and oxygen atoms in total. The zero-order valence-electron chi connectivity index (χ0n) is 13.0. The van der Waals surface area contributed by atoms with Crippen molar-refractivity contribution >= 4 is 11.8 Å². The zero-order chi connectivity index (χ0) is 14.5. The van der Waals surface area contributed by atoms with Gasteiger partial charge >= 0.3 is 0 Å². The van der Waals surface area contributed by atoms with Crippen molar-refractivity contribution in [2.45, 2.75) is 45.6 Å². The van der Waals surface area contributed by atoms with Crippen LogP contribution in [0.15, 0.2) is 24.3 Å². The van der Waals surface area contributed by atoms with Crippen LogP contribution in [0.4, 0.5) is 0 Å². The summed E-state index contributed by atoms with van der Waals surface area (Å²) in [6, 6.07) is 8.43. The second kappa shape index (κ2) is 12.1. The van der Waals surface area contributed by atoms with Crippen LogP contribution in [0.5, 0.6) is 5.75 Å². The third kappa shape index (κ3) is 8.49. The predicted octanol–water partition coefficient (Wildman–Crippen LogP) is 4.49. The minimum Gasteiger partial charge on any atom is -0.494 e. The highest BCUT2D eigenvalue weighted by molar-refractivity contribution is 7.98. The second-order valence-electron chi connectivity index (χ2n) is 5.08. The molecule has 0 spiro atoms. The number of thioether (sulfide) groups is 1. The number of hydrogen-bond acceptors (Lipinski definition) is 3. The molecule has 1 aromatic rings. The highest BCUT2D eigenvalue weighted by atomic mass is 32.2. The van der Waals surface area contributed by atoms with E-state index in [9.17, 15) is 0 Å². The molecule has 0 fully saturated rings. The van der Waals surface area contributed by atoms with Gasteiger partial charge in [-0.1, -0.05) is 31.9 Å². The van der Waals surface area contributed by atoms with E-state index in [-0.39, 0.29) is 0 Å². The van der Waals surface area contributed by atoms with E-state index in [1.165, 1.54) is 37.0 Å². The molecule has 0 heterocycles. The van der Waals surface area contributed by atoms with Gasteiger partial charge in [-0.25, -0.2) is 0 Å². The molecule has 20 heavy (non-hydrogen) atoms. The largest absolute Gasteiger partial charge is 0.494 e. The fraction of sp³-hybridized carbons (Fsp3) is 0.647. The molecule has 0 aliphatic carbocycles. The second-order valence-corrected chi connectivity index (χ2v) is 6.06. The fourth-order valence-electron chi connectivity index (χ4n) is 2.01. The maximum absolute atomic E-state index is 5.58. The Morgan fingerprint density at radius 3 is 2.50 bits per heavy atom. The lowest BCUT2D eigenvalue weighted by Gasteiger charge is -2.07. The Balaban J connectivity index is 2.04. The standard InChI is InChI=1S/C17H29NOS/c1-3-13-19-17-10-8-16(9-11-17)15-18-12-6-4-5-7-14-20-2/h8-11,18H,3-7,12-15H2,1-2H3. The van der Waals surface area contributed by atoms with Crippen molar-refractivity contribution in [2.24, 2.45) is 0 Å². The van der Waals surface area contributed by atoms with Crippen LogP contribution >= 0.6 is 11.8 Å². The van der Waals surface area contributed by atoms with Crippen molar-refractivity contribution in [1.82, 2.24) is 5.32 Å². The molecule has 0 unspecified atom stereocenters. The summed E-state index contributed by atoms with van der Waals surface area (Å²) in [6.07, 6.45) is 8.59. The van der Waals surface area contributed by atoms with E-state index in [1.807, 2.05) is 11.8 Å². The zero-order valence-corrected chi connectivity index (χ0v) is 13.8. The third-order valence-corrected chi connectivity index (χ3v) is 3.87. The Morgan fingerprint density at radius 1 is 1.05 bits per heavy atom. The van der Waals surface area contributed by atoms with Gasteiger partial charge in [0.2, 0.25) is 0 Å². The minimum absolute atomic E-state index is 0.800. The molecule has 0 aliphatic heterocycles. The Labute approximate surface area is 128 Å². The molecule has 0 amide bonds. The molecule has 1 aromatic carbocycles. The van der Waals surface area contributed by atoms with Crippen molar-refractivity contribution in [3.63, 3.8) is 0 Å². The molecular weight excluding hydrogens is 266 g/mol. The van der Waals surface area contributed by atoms with Crippen molar-refractivity contribution in [1.29, 1.82) is 0 Å². The average molecular weight is 295 g/mol. The Hall–Kier alpha value is -0.670. The Kier molecular flexibility index (Phi) is 10.5. The van der Waals surface area contributed by atoms with Gasteiger partial charge in [-0.3, -0.25) is 0 Å². The maximum Gasteiger partial charge on any atom is 0.119 e. The van der Waals surface area contributed by atoms with Crippen LogP contribution < -0.4 is 10.1 Å². The van der Waals surface area contributed by atoms with E-state index in [1.54, 1.807) is 0 Å². The van der Waals surface area contributed by atoms with E-state index in [4.69, 9.17) is 4.74 Å². The van der Waals surface area contributed by atoms with E-state index in [0.29, 0.717) is 0 Å². The van der Waals surface area contributed by atoms with E-state index in [2.05, 4.69) is 42.8 Å². The summed E-state index contributed by atoms with van der Waals surface area (Å²) in [7, 11) is 0. The summed E-state index contributed by atoms with van der Waals surface area (Å²) in [5.41, 5.74) is 1.33. The van der Waals surface area contributed by atoms with Gasteiger partial charge in [-0.05, 0) is 55.5 Å². The summed E-state index contributed by atoms with van der Waals surface area (Å²) < 4.78 is 5.58. The van der Waals surface area contributed by atoms with Gasteiger partial charge in [0.1, 0.15) is 5.75 Å². The van der Waals surface area contributed by atoms with Crippen molar-refractivity contribution < 1.29 is 4.74 Å². The van der Waals surface area contributed by atoms with Crippen molar-refractivity contribution in [3.05, 3.63) is 29.8 Å². The first-order chi connectivity index (χ1) is 9.86. The molecule has 0 saturated heterocycles. The Bertz CT molecular complexity index is 326. The van der Waals surface area contributed by atoms with Gasteiger partial charge in [-0.2, -0.15) is 11.8 Å². The molecular formula is C17H29NOS. The quantitative estimate of drug-likeness (QED) is 0.574. The van der Waals surface area contributed by atoms with Crippen LogP contribution in [0.25, 0.3) is 0 Å². The lowest BCUT2D eigenvalue weighted by molar-refractivity contribution is 0.317. The summed E-state index contributed by atoms with van der Waals surface area (Å²) in [5, 5.41) is 3.51. The highest BCUT2D eigenvalue weighted by Gasteiger charge is 1.96. The number of ether oxygens (including phenoxy) is 1. The number of benzene rings is 1. The van der Waals surface area contributed by atoms with E-state index < -0.39 is 0 Å². The first-order valence-electron chi connectivity index (χ1n) is 7.78. The number of unbranched alkanes of at least 4 members (excludes halogenated alkanes) is 3. The molecule has 1 N–H and O–H groups in total. The molecule has 3 heteroatoms. The molecule has 0 saturated carbocycles. The SMILES string of the molecule is CCCOc1ccc(CNCCCCCCSC)cc1. The van der Waals surface area contributed by atoms with Gasteiger partial charge in [0, 0.05) is 6.54 Å². The van der Waals surface area contributed by atoms with Crippen LogP contribution in [0.1, 0.15) is 44.6 Å². The average Bonchev–Trinajstić information content (AvgIpc) is 2.49. The molecule has 1 rings (SSSR count). The first kappa shape index (κ1) is 17.4. The van der Waals surface area contributed by atoms with Gasteiger partial charge in [0.25, 0.3) is 0 Å². The van der Waals surface area contributed by atoms with Crippen LogP contribution in [-0.4, -0.2) is 25.2 Å². The minimum atomic E-state index is 0.800. The van der Waals surface area contributed by atoms with Gasteiger partial charge in [0.15, 0.2) is 0 Å². The van der Waals surface area contributed by atoms with Crippen molar-refractivity contribution in [2.75, 3.05) is 25.2 Å². The molecule has 0 atom stereocenters. The lowest BCUT2D eigenvalue weighted by atomic mass is 10.2. The van der Waals surface area contributed by atoms with E-state index in [0.717, 1.165) is 31.9 Å². The van der Waals surface area contributed by atoms with Crippen molar-refractivity contribution in [3.8, 4) is 5.75 Å². The number of hydrogen-bond donors (Lipinski definition) is 1. The Morgan fingerprint density at radius 2 is 1.80 bits per heavy atom. The number of nitrogens with one attached hydrogen (secondary N) is 1. The molecule has 114 valence electrons. The van der Waals surface area contributed by atoms with Crippen LogP contribution in [0.3, 0.4) is 0 Å². The normalized spacial score (nSPS) is 10.7. The van der Waals surface area contributed by atoms with Gasteiger partial charge in [0.05, 0.1) is 6.61 Å². The predicted molar refractivity (Wildman–Crippen MR) is 90.8 cm³/mol. The van der Waals surface area contributed by atoms with Crippen LogP contribution in [-0.2, 0) is 6.54 Å². The topological polar surface area (TPSA) is 21.3 Å². The molecule has 0 aromatic heterocycles. The summed E-state index contributed by atoms with van der Waals surface area (Å²) >= 11 is 1.95. The molecule has 0 aliphatic rings. The molecule has 0 bridgehead atoms. The maximum atomic E-state index is 5.58. The summed E-state index contributed by atoms with van der Waals surface area (Å²) in [6.45, 7) is 5.00. The smallest absolute Gasteiger partial charge is 0.119 e. The fourth-order valence-corrected chi connectivity index (χ4v) is 2.50. The lowest BCUT2D eigenvalue weighted by Crippen LogP contribution is -2.14. The van der Waals surface area contributed by atoms with Crippen LogP contribution in [0, 0.1) is 0 Å². The monoisotopic (exact) mass is 295 g/mol. The summed E-state index contributed by atoms with van der Waals surface area (Å²) in [4.78, 5) is 0. The number of rotatable bonds is 12. The van der Waals surface area contributed by atoms with Crippen LogP contribution in [0.2, 0.25) is 0 Å². The third-order valence-electron chi connectivity index (χ3n) is 3.18.